The molecule has 2 rings (SSSR count). The fourth-order valence-corrected chi connectivity index (χ4v) is 2.06. The van der Waals surface area contributed by atoms with Crippen molar-refractivity contribution in [3.8, 4) is 11.8 Å². The zero-order chi connectivity index (χ0) is 13.9. The van der Waals surface area contributed by atoms with E-state index < -0.39 is 11.7 Å². The number of hydrogen-bond acceptors (Lipinski definition) is 0. The third-order valence-corrected chi connectivity index (χ3v) is 3.38. The van der Waals surface area contributed by atoms with Crippen molar-refractivity contribution in [2.75, 3.05) is 0 Å². The molecule has 0 amide bonds. The summed E-state index contributed by atoms with van der Waals surface area (Å²) in [6, 6.07) is 12.6. The zero-order valence-corrected chi connectivity index (χ0v) is 11.8. The van der Waals surface area contributed by atoms with Gasteiger partial charge in [-0.3, -0.25) is 0 Å². The first kappa shape index (κ1) is 13.9. The Labute approximate surface area is 122 Å². The molecule has 0 aliphatic carbocycles. The first-order chi connectivity index (χ1) is 8.98. The van der Waals surface area contributed by atoms with Gasteiger partial charge in [-0.2, -0.15) is 13.2 Å². The molecule has 0 spiro atoms. The molecule has 0 N–H and O–H groups in total. The van der Waals surface area contributed by atoms with Gasteiger partial charge in [0.05, 0.1) is 5.56 Å². The number of alkyl halides is 3. The Morgan fingerprint density at radius 2 is 1.32 bits per heavy atom. The van der Waals surface area contributed by atoms with Gasteiger partial charge in [0.15, 0.2) is 0 Å². The lowest BCUT2D eigenvalue weighted by atomic mass is 10.1. The molecular weight excluding hydrogens is 364 g/mol. The summed E-state index contributed by atoms with van der Waals surface area (Å²) in [5, 5.41) is 0. The number of rotatable bonds is 0. The van der Waals surface area contributed by atoms with E-state index in [0.717, 1.165) is 15.2 Å². The highest BCUT2D eigenvalue weighted by atomic mass is 127. The molecule has 0 saturated carbocycles. The van der Waals surface area contributed by atoms with Crippen LogP contribution in [-0.4, -0.2) is 0 Å². The van der Waals surface area contributed by atoms with Gasteiger partial charge in [-0.1, -0.05) is 36.1 Å². The predicted molar refractivity (Wildman–Crippen MR) is 76.6 cm³/mol. The Bertz CT molecular complexity index is 648. The molecule has 2 aromatic rings. The molecule has 0 radical (unpaired) electrons. The predicted octanol–water partition coefficient (Wildman–Crippen LogP) is 4.71. The van der Waals surface area contributed by atoms with Crippen LogP contribution in [0.1, 0.15) is 16.7 Å². The van der Waals surface area contributed by atoms with E-state index in [4.69, 9.17) is 0 Å². The highest BCUT2D eigenvalue weighted by molar-refractivity contribution is 14.1. The molecule has 0 fully saturated rings. The summed E-state index contributed by atoms with van der Waals surface area (Å²) in [4.78, 5) is 0. The van der Waals surface area contributed by atoms with Crippen LogP contribution in [0.3, 0.4) is 0 Å². The van der Waals surface area contributed by atoms with Crippen molar-refractivity contribution in [2.45, 2.75) is 6.18 Å². The summed E-state index contributed by atoms with van der Waals surface area (Å²) in [6.07, 6.45) is -4.38. The van der Waals surface area contributed by atoms with Crippen molar-refractivity contribution in [2.24, 2.45) is 0 Å². The van der Waals surface area contributed by atoms with E-state index in [2.05, 4.69) is 34.4 Å². The molecule has 0 heterocycles. The summed E-state index contributed by atoms with van der Waals surface area (Å²) in [7, 11) is 0. The largest absolute Gasteiger partial charge is 0.417 e. The maximum absolute atomic E-state index is 12.8. The molecule has 0 nitrogen and oxygen atoms in total. The van der Waals surface area contributed by atoms with E-state index in [-0.39, 0.29) is 5.56 Å². The Kier molecular flexibility index (Phi) is 4.15. The van der Waals surface area contributed by atoms with Gasteiger partial charge < -0.3 is 0 Å². The number of halogens is 4. The molecule has 0 aromatic heterocycles. The third kappa shape index (κ3) is 3.51. The second-order valence-corrected chi connectivity index (χ2v) is 4.94. The van der Waals surface area contributed by atoms with Crippen LogP contribution in [-0.2, 0) is 6.18 Å². The highest BCUT2D eigenvalue weighted by Gasteiger charge is 2.32. The van der Waals surface area contributed by atoms with E-state index >= 15 is 0 Å². The smallest absolute Gasteiger partial charge is 0.166 e. The molecule has 0 unspecified atom stereocenters. The standard InChI is InChI=1S/C15H8F3I/c16-15(17,18)13-7-3-1-5-11(13)9-10-12-6-2-4-8-14(12)19/h1-8H. The Hall–Kier alpha value is -1.48. The minimum Gasteiger partial charge on any atom is -0.166 e. The summed E-state index contributed by atoms with van der Waals surface area (Å²) in [6.45, 7) is 0. The van der Waals surface area contributed by atoms with Crippen LogP contribution >= 0.6 is 22.6 Å². The summed E-state index contributed by atoms with van der Waals surface area (Å²) in [5.74, 6) is 5.39. The average molecular weight is 372 g/mol. The maximum Gasteiger partial charge on any atom is 0.417 e. The summed E-state index contributed by atoms with van der Waals surface area (Å²) in [5.41, 5.74) is 0.0168. The van der Waals surface area contributed by atoms with Crippen molar-refractivity contribution in [1.29, 1.82) is 0 Å². The third-order valence-electron chi connectivity index (χ3n) is 2.44. The lowest BCUT2D eigenvalue weighted by molar-refractivity contribution is -0.137. The molecule has 19 heavy (non-hydrogen) atoms. The van der Waals surface area contributed by atoms with Gasteiger partial charge in [0.1, 0.15) is 0 Å². The molecule has 0 saturated heterocycles. The van der Waals surface area contributed by atoms with Crippen LogP contribution in [0.15, 0.2) is 48.5 Å². The molecule has 0 atom stereocenters. The van der Waals surface area contributed by atoms with E-state index in [0.29, 0.717) is 0 Å². The van der Waals surface area contributed by atoms with Crippen molar-refractivity contribution in [1.82, 2.24) is 0 Å². The highest BCUT2D eigenvalue weighted by Crippen LogP contribution is 2.31. The molecular formula is C15H8F3I. The minimum atomic E-state index is -4.38. The van der Waals surface area contributed by atoms with Crippen molar-refractivity contribution in [3.63, 3.8) is 0 Å². The molecule has 96 valence electrons. The van der Waals surface area contributed by atoms with Crippen LogP contribution in [0.2, 0.25) is 0 Å². The molecule has 4 heteroatoms. The van der Waals surface area contributed by atoms with Crippen LogP contribution in [0, 0.1) is 15.4 Å². The quantitative estimate of drug-likeness (QED) is 0.464. The molecule has 0 bridgehead atoms. The van der Waals surface area contributed by atoms with Gasteiger partial charge in [0.25, 0.3) is 0 Å². The SMILES string of the molecule is FC(F)(F)c1ccccc1C#Cc1ccccc1I. The molecule has 2 aromatic carbocycles. The van der Waals surface area contributed by atoms with Crippen LogP contribution in [0.5, 0.6) is 0 Å². The second-order valence-electron chi connectivity index (χ2n) is 3.77. The summed E-state index contributed by atoms with van der Waals surface area (Å²) < 4.78 is 39.3. The lowest BCUT2D eigenvalue weighted by Crippen LogP contribution is -2.07. The minimum absolute atomic E-state index is 0.00495. The topological polar surface area (TPSA) is 0 Å². The fourth-order valence-electron chi connectivity index (χ4n) is 1.54. The van der Waals surface area contributed by atoms with Gasteiger partial charge in [-0.05, 0) is 46.9 Å². The molecule has 0 aliphatic heterocycles. The van der Waals surface area contributed by atoms with Crippen molar-refractivity contribution in [3.05, 3.63) is 68.8 Å². The lowest BCUT2D eigenvalue weighted by Gasteiger charge is -2.08. The van der Waals surface area contributed by atoms with E-state index in [1.54, 1.807) is 12.1 Å². The maximum atomic E-state index is 12.8. The van der Waals surface area contributed by atoms with Gasteiger partial charge in [-0.15, -0.1) is 0 Å². The first-order valence-corrected chi connectivity index (χ1v) is 6.49. The van der Waals surface area contributed by atoms with Gasteiger partial charge in [-0.25, -0.2) is 0 Å². The number of hydrogen-bond donors (Lipinski definition) is 0. The van der Waals surface area contributed by atoms with E-state index in [9.17, 15) is 13.2 Å². The number of benzene rings is 2. The van der Waals surface area contributed by atoms with Crippen LogP contribution in [0.25, 0.3) is 0 Å². The van der Waals surface area contributed by atoms with E-state index in [1.165, 1.54) is 12.1 Å². The first-order valence-electron chi connectivity index (χ1n) is 5.41. The van der Waals surface area contributed by atoms with E-state index in [1.807, 2.05) is 18.2 Å². The molecule has 0 aliphatic rings. The summed E-state index contributed by atoms with van der Waals surface area (Å²) >= 11 is 2.10. The van der Waals surface area contributed by atoms with Crippen LogP contribution < -0.4 is 0 Å². The average Bonchev–Trinajstić information content (AvgIpc) is 2.37. The van der Waals surface area contributed by atoms with Gasteiger partial charge in [0.2, 0.25) is 0 Å². The zero-order valence-electron chi connectivity index (χ0n) is 9.63. The normalized spacial score (nSPS) is 10.7. The Morgan fingerprint density at radius 3 is 1.95 bits per heavy atom. The monoisotopic (exact) mass is 372 g/mol. The van der Waals surface area contributed by atoms with Gasteiger partial charge >= 0.3 is 6.18 Å². The fraction of sp³-hybridized carbons (Fsp3) is 0.0667. The Balaban J connectivity index is 2.44. The second kappa shape index (κ2) is 5.66. The Morgan fingerprint density at radius 1 is 0.789 bits per heavy atom. The van der Waals surface area contributed by atoms with Gasteiger partial charge in [0, 0.05) is 14.7 Å². The van der Waals surface area contributed by atoms with Crippen LogP contribution in [0.4, 0.5) is 13.2 Å². The van der Waals surface area contributed by atoms with Crippen molar-refractivity contribution < 1.29 is 13.2 Å². The van der Waals surface area contributed by atoms with Crippen molar-refractivity contribution >= 4 is 22.6 Å².